The molecule has 0 saturated carbocycles. The van der Waals surface area contributed by atoms with Crippen molar-refractivity contribution in [2.75, 3.05) is 30.3 Å². The van der Waals surface area contributed by atoms with Gasteiger partial charge < -0.3 is 10.1 Å². The molecule has 23 heavy (non-hydrogen) atoms. The fourth-order valence-corrected chi connectivity index (χ4v) is 3.49. The van der Waals surface area contributed by atoms with Crippen LogP contribution in [0.25, 0.3) is 0 Å². The number of benzene rings is 1. The zero-order valence-electron chi connectivity index (χ0n) is 13.6. The van der Waals surface area contributed by atoms with Crippen molar-refractivity contribution in [3.8, 4) is 0 Å². The molecule has 0 bridgehead atoms. The van der Waals surface area contributed by atoms with Crippen LogP contribution in [0, 0.1) is 0 Å². The predicted octanol–water partition coefficient (Wildman–Crippen LogP) is 1.31. The number of ether oxygens (including phenoxy) is 1. The Bertz CT molecular complexity index is 622. The maximum Gasteiger partial charge on any atom is 0.249 e. The number of aryl methyl sites for hydroxylation is 1. The Morgan fingerprint density at radius 2 is 2.04 bits per heavy atom. The molecule has 1 atom stereocenters. The molecular weight excluding hydrogens is 316 g/mol. The van der Waals surface area contributed by atoms with Gasteiger partial charge in [-0.2, -0.15) is 0 Å². The molecule has 1 aliphatic rings. The third kappa shape index (κ3) is 4.94. The molecule has 2 rings (SSSR count). The summed E-state index contributed by atoms with van der Waals surface area (Å²) in [4.78, 5) is 11.9. The second kappa shape index (κ2) is 7.79. The normalized spacial score (nSPS) is 17.9. The number of carbonyl (C=O) groups excluding carboxylic acids is 1. The molecule has 0 aliphatic carbocycles. The third-order valence-electron chi connectivity index (χ3n) is 3.87. The molecular formula is C16H24N2O4S. The van der Waals surface area contributed by atoms with Gasteiger partial charge in [0.1, 0.15) is 6.10 Å². The van der Waals surface area contributed by atoms with Crippen LogP contribution in [0.15, 0.2) is 24.3 Å². The minimum Gasteiger partial charge on any atom is -0.368 e. The maximum atomic E-state index is 12.0. The van der Waals surface area contributed by atoms with E-state index >= 15 is 0 Å². The highest BCUT2D eigenvalue weighted by molar-refractivity contribution is 7.92. The average molecular weight is 340 g/mol. The average Bonchev–Trinajstić information content (AvgIpc) is 3.05. The van der Waals surface area contributed by atoms with E-state index in [1.165, 1.54) is 10.6 Å². The van der Waals surface area contributed by atoms with Gasteiger partial charge in [-0.05, 0) is 37.0 Å². The summed E-state index contributed by atoms with van der Waals surface area (Å²) in [5, 5.41) is 2.75. The van der Waals surface area contributed by atoms with Crippen molar-refractivity contribution < 1.29 is 17.9 Å². The number of sulfonamides is 1. The highest BCUT2D eigenvalue weighted by atomic mass is 32.2. The Hall–Kier alpha value is -1.60. The minimum absolute atomic E-state index is 0.169. The molecule has 0 aromatic heterocycles. The lowest BCUT2D eigenvalue weighted by molar-refractivity contribution is -0.129. The molecule has 1 saturated heterocycles. The molecule has 128 valence electrons. The van der Waals surface area contributed by atoms with Crippen LogP contribution in [0.4, 0.5) is 5.69 Å². The number of carbonyl (C=O) groups is 1. The van der Waals surface area contributed by atoms with Gasteiger partial charge >= 0.3 is 0 Å². The van der Waals surface area contributed by atoms with Gasteiger partial charge in [-0.1, -0.05) is 19.1 Å². The predicted molar refractivity (Wildman–Crippen MR) is 90.0 cm³/mol. The van der Waals surface area contributed by atoms with E-state index < -0.39 is 16.1 Å². The number of hydrogen-bond acceptors (Lipinski definition) is 4. The van der Waals surface area contributed by atoms with Gasteiger partial charge in [0.15, 0.2) is 0 Å². The van der Waals surface area contributed by atoms with E-state index in [4.69, 9.17) is 4.74 Å². The fourth-order valence-electron chi connectivity index (χ4n) is 2.56. The summed E-state index contributed by atoms with van der Waals surface area (Å²) < 4.78 is 30.6. The summed E-state index contributed by atoms with van der Waals surface area (Å²) in [6.07, 6.45) is 3.28. The van der Waals surface area contributed by atoms with Gasteiger partial charge in [-0.15, -0.1) is 0 Å². The lowest BCUT2D eigenvalue weighted by Crippen LogP contribution is -2.41. The molecule has 0 radical (unpaired) electrons. The zero-order valence-corrected chi connectivity index (χ0v) is 14.4. The standard InChI is InChI=1S/C16H24N2O4S/c1-3-13-6-8-14(9-7-13)18(23(2,20)21)11-10-17-16(19)15-5-4-12-22-15/h6-9,15H,3-5,10-12H2,1-2H3,(H,17,19). The van der Waals surface area contributed by atoms with Crippen LogP contribution in [-0.2, 0) is 26.0 Å². The quantitative estimate of drug-likeness (QED) is 0.812. The summed E-state index contributed by atoms with van der Waals surface area (Å²) in [6, 6.07) is 7.42. The van der Waals surface area contributed by atoms with Crippen LogP contribution in [0.3, 0.4) is 0 Å². The lowest BCUT2D eigenvalue weighted by atomic mass is 10.1. The third-order valence-corrected chi connectivity index (χ3v) is 5.06. The molecule has 1 amide bonds. The van der Waals surface area contributed by atoms with E-state index in [1.54, 1.807) is 12.1 Å². The van der Waals surface area contributed by atoms with Crippen molar-refractivity contribution in [1.82, 2.24) is 5.32 Å². The molecule has 1 unspecified atom stereocenters. The summed E-state index contributed by atoms with van der Waals surface area (Å²) in [6.45, 7) is 3.10. The molecule has 1 heterocycles. The van der Waals surface area contributed by atoms with Gasteiger partial charge in [0.05, 0.1) is 18.5 Å². The van der Waals surface area contributed by atoms with Crippen LogP contribution in [-0.4, -0.2) is 46.4 Å². The van der Waals surface area contributed by atoms with Gasteiger partial charge in [0.2, 0.25) is 15.9 Å². The smallest absolute Gasteiger partial charge is 0.249 e. The SMILES string of the molecule is CCc1ccc(N(CCNC(=O)C2CCCO2)S(C)(=O)=O)cc1. The van der Waals surface area contributed by atoms with E-state index in [0.29, 0.717) is 12.3 Å². The molecule has 1 aromatic carbocycles. The van der Waals surface area contributed by atoms with Gasteiger partial charge in [0, 0.05) is 13.2 Å². The number of nitrogens with zero attached hydrogens (tertiary/aromatic N) is 1. The largest absolute Gasteiger partial charge is 0.368 e. The lowest BCUT2D eigenvalue weighted by Gasteiger charge is -2.23. The van der Waals surface area contributed by atoms with Crippen molar-refractivity contribution in [3.63, 3.8) is 0 Å². The Labute approximate surface area is 137 Å². The van der Waals surface area contributed by atoms with E-state index in [0.717, 1.165) is 24.8 Å². The second-order valence-electron chi connectivity index (χ2n) is 5.65. The summed E-state index contributed by atoms with van der Waals surface area (Å²) in [5.74, 6) is -0.169. The first-order valence-corrected chi connectivity index (χ1v) is 9.72. The van der Waals surface area contributed by atoms with E-state index in [-0.39, 0.29) is 19.0 Å². The molecule has 6 nitrogen and oxygen atoms in total. The topological polar surface area (TPSA) is 75.7 Å². The maximum absolute atomic E-state index is 12.0. The fraction of sp³-hybridized carbons (Fsp3) is 0.562. The Balaban J connectivity index is 1.97. The number of anilines is 1. The van der Waals surface area contributed by atoms with Gasteiger partial charge in [-0.25, -0.2) is 8.42 Å². The number of amides is 1. The Morgan fingerprint density at radius 1 is 1.35 bits per heavy atom. The van der Waals surface area contributed by atoms with E-state index in [1.807, 2.05) is 19.1 Å². The highest BCUT2D eigenvalue weighted by Gasteiger charge is 2.24. The van der Waals surface area contributed by atoms with Crippen LogP contribution in [0.5, 0.6) is 0 Å². The molecule has 1 N–H and O–H groups in total. The number of rotatable bonds is 7. The molecule has 1 aromatic rings. The van der Waals surface area contributed by atoms with Crippen molar-refractivity contribution in [2.24, 2.45) is 0 Å². The van der Waals surface area contributed by atoms with Crippen molar-refractivity contribution in [1.29, 1.82) is 0 Å². The first-order valence-electron chi connectivity index (χ1n) is 7.87. The van der Waals surface area contributed by atoms with Crippen LogP contribution in [0.2, 0.25) is 0 Å². The summed E-state index contributed by atoms with van der Waals surface area (Å²) in [7, 11) is -3.40. The first kappa shape index (κ1) is 17.7. The van der Waals surface area contributed by atoms with Crippen LogP contribution in [0.1, 0.15) is 25.3 Å². The number of hydrogen-bond donors (Lipinski definition) is 1. The summed E-state index contributed by atoms with van der Waals surface area (Å²) >= 11 is 0. The van der Waals surface area contributed by atoms with Crippen LogP contribution < -0.4 is 9.62 Å². The Kier molecular flexibility index (Phi) is 6.01. The van der Waals surface area contributed by atoms with Gasteiger partial charge in [-0.3, -0.25) is 9.10 Å². The van der Waals surface area contributed by atoms with Crippen LogP contribution >= 0.6 is 0 Å². The number of nitrogens with one attached hydrogen (secondary N) is 1. The Morgan fingerprint density at radius 3 is 2.57 bits per heavy atom. The van der Waals surface area contributed by atoms with E-state index in [9.17, 15) is 13.2 Å². The van der Waals surface area contributed by atoms with E-state index in [2.05, 4.69) is 5.32 Å². The van der Waals surface area contributed by atoms with Crippen molar-refractivity contribution >= 4 is 21.6 Å². The second-order valence-corrected chi connectivity index (χ2v) is 7.55. The van der Waals surface area contributed by atoms with Crippen molar-refractivity contribution in [3.05, 3.63) is 29.8 Å². The zero-order chi connectivity index (χ0) is 16.9. The minimum atomic E-state index is -3.40. The molecule has 0 spiro atoms. The molecule has 1 aliphatic heterocycles. The highest BCUT2D eigenvalue weighted by Crippen LogP contribution is 2.18. The molecule has 1 fully saturated rings. The first-order chi connectivity index (χ1) is 10.9. The monoisotopic (exact) mass is 340 g/mol. The van der Waals surface area contributed by atoms with Gasteiger partial charge in [0.25, 0.3) is 0 Å². The van der Waals surface area contributed by atoms with Crippen molar-refractivity contribution in [2.45, 2.75) is 32.3 Å². The molecule has 7 heteroatoms. The summed E-state index contributed by atoms with van der Waals surface area (Å²) in [5.41, 5.74) is 1.75.